The van der Waals surface area contributed by atoms with Gasteiger partial charge < -0.3 is 10.1 Å². The molecule has 0 spiro atoms. The molecule has 0 radical (unpaired) electrons. The molecule has 3 heteroatoms. The van der Waals surface area contributed by atoms with Crippen LogP contribution in [-0.4, -0.2) is 19.1 Å². The molecule has 3 rings (SSSR count). The molecule has 2 aromatic rings. The molecule has 0 aliphatic carbocycles. The van der Waals surface area contributed by atoms with Crippen LogP contribution in [0.4, 0.5) is 0 Å². The van der Waals surface area contributed by atoms with Crippen LogP contribution in [0.3, 0.4) is 0 Å². The SMILES string of the molecule is O=C1COC(c2ccc(-c3ccccc3)cc2)CN1. The fourth-order valence-electron chi connectivity index (χ4n) is 2.23. The van der Waals surface area contributed by atoms with E-state index < -0.39 is 0 Å². The summed E-state index contributed by atoms with van der Waals surface area (Å²) in [5.41, 5.74) is 3.48. The molecular formula is C16H15NO2. The lowest BCUT2D eigenvalue weighted by molar-refractivity contribution is -0.133. The average Bonchev–Trinajstić information content (AvgIpc) is 2.49. The van der Waals surface area contributed by atoms with Gasteiger partial charge in [-0.25, -0.2) is 0 Å². The van der Waals surface area contributed by atoms with Crippen LogP contribution < -0.4 is 5.32 Å². The van der Waals surface area contributed by atoms with Crippen LogP contribution in [0.15, 0.2) is 54.6 Å². The summed E-state index contributed by atoms with van der Waals surface area (Å²) in [5, 5.41) is 2.81. The van der Waals surface area contributed by atoms with Crippen molar-refractivity contribution in [1.29, 1.82) is 0 Å². The molecule has 1 atom stereocenters. The number of amides is 1. The lowest BCUT2D eigenvalue weighted by Gasteiger charge is -2.23. The smallest absolute Gasteiger partial charge is 0.246 e. The Bertz CT molecular complexity index is 553. The van der Waals surface area contributed by atoms with Crippen LogP contribution in [0, 0.1) is 0 Å². The first-order valence-electron chi connectivity index (χ1n) is 6.36. The number of hydrogen-bond acceptors (Lipinski definition) is 2. The maximum atomic E-state index is 11.0. The van der Waals surface area contributed by atoms with Gasteiger partial charge in [0.2, 0.25) is 5.91 Å². The van der Waals surface area contributed by atoms with Crippen molar-refractivity contribution in [2.45, 2.75) is 6.10 Å². The summed E-state index contributed by atoms with van der Waals surface area (Å²) in [4.78, 5) is 11.0. The van der Waals surface area contributed by atoms with Gasteiger partial charge in [-0.2, -0.15) is 0 Å². The molecule has 19 heavy (non-hydrogen) atoms. The van der Waals surface area contributed by atoms with Gasteiger partial charge in [-0.15, -0.1) is 0 Å². The van der Waals surface area contributed by atoms with E-state index in [1.807, 2.05) is 18.2 Å². The van der Waals surface area contributed by atoms with Crippen LogP contribution in [0.5, 0.6) is 0 Å². The number of morpholine rings is 1. The highest BCUT2D eigenvalue weighted by atomic mass is 16.5. The first-order chi connectivity index (χ1) is 9.33. The van der Waals surface area contributed by atoms with Crippen molar-refractivity contribution >= 4 is 5.91 Å². The molecule has 1 aliphatic heterocycles. The predicted octanol–water partition coefficient (Wildman–Crippen LogP) is 2.54. The molecule has 1 N–H and O–H groups in total. The summed E-state index contributed by atoms with van der Waals surface area (Å²) < 4.78 is 5.51. The summed E-state index contributed by atoms with van der Waals surface area (Å²) in [6, 6.07) is 18.5. The van der Waals surface area contributed by atoms with Crippen LogP contribution in [0.2, 0.25) is 0 Å². The van der Waals surface area contributed by atoms with Gasteiger partial charge in [0.1, 0.15) is 12.7 Å². The van der Waals surface area contributed by atoms with Gasteiger partial charge in [-0.05, 0) is 16.7 Å². The third-order valence-electron chi connectivity index (χ3n) is 3.29. The van der Waals surface area contributed by atoms with E-state index in [0.717, 1.165) is 5.56 Å². The fraction of sp³-hybridized carbons (Fsp3) is 0.188. The Morgan fingerprint density at radius 2 is 1.63 bits per heavy atom. The van der Waals surface area contributed by atoms with Gasteiger partial charge in [-0.3, -0.25) is 4.79 Å². The first-order valence-corrected chi connectivity index (χ1v) is 6.36. The molecule has 0 aromatic heterocycles. The van der Waals surface area contributed by atoms with Crippen molar-refractivity contribution in [1.82, 2.24) is 5.32 Å². The van der Waals surface area contributed by atoms with Gasteiger partial charge in [0.15, 0.2) is 0 Å². The molecule has 0 bridgehead atoms. The van der Waals surface area contributed by atoms with Crippen molar-refractivity contribution in [2.75, 3.05) is 13.2 Å². The van der Waals surface area contributed by atoms with E-state index in [-0.39, 0.29) is 18.6 Å². The summed E-state index contributed by atoms with van der Waals surface area (Å²) >= 11 is 0. The second kappa shape index (κ2) is 5.24. The second-order valence-electron chi connectivity index (χ2n) is 4.59. The molecule has 1 heterocycles. The highest BCUT2D eigenvalue weighted by Gasteiger charge is 2.19. The maximum absolute atomic E-state index is 11.0. The molecule has 2 aromatic carbocycles. The molecule has 1 aliphatic rings. The van der Waals surface area contributed by atoms with Crippen molar-refractivity contribution in [2.24, 2.45) is 0 Å². The van der Waals surface area contributed by atoms with Gasteiger partial charge in [0.25, 0.3) is 0 Å². The Balaban J connectivity index is 1.78. The minimum absolute atomic E-state index is 0.0393. The lowest BCUT2D eigenvalue weighted by atomic mass is 10.0. The van der Waals surface area contributed by atoms with Crippen LogP contribution in [-0.2, 0) is 9.53 Å². The first kappa shape index (κ1) is 11.9. The number of carbonyl (C=O) groups excluding carboxylic acids is 1. The standard InChI is InChI=1S/C16H15NO2/c18-16-11-19-15(10-17-16)14-8-6-13(7-9-14)12-4-2-1-3-5-12/h1-9,15H,10-11H2,(H,17,18). The summed E-state index contributed by atoms with van der Waals surface area (Å²) in [5.74, 6) is -0.0443. The molecule has 1 fully saturated rings. The largest absolute Gasteiger partial charge is 0.362 e. The number of carbonyl (C=O) groups is 1. The normalized spacial score (nSPS) is 18.9. The number of hydrogen-bond donors (Lipinski definition) is 1. The van der Waals surface area contributed by atoms with E-state index in [1.54, 1.807) is 0 Å². The molecule has 1 unspecified atom stereocenters. The zero-order valence-electron chi connectivity index (χ0n) is 10.5. The third-order valence-corrected chi connectivity index (χ3v) is 3.29. The number of nitrogens with one attached hydrogen (secondary N) is 1. The predicted molar refractivity (Wildman–Crippen MR) is 73.6 cm³/mol. The minimum atomic E-state index is -0.0443. The minimum Gasteiger partial charge on any atom is -0.362 e. The Hall–Kier alpha value is -2.13. The molecular weight excluding hydrogens is 238 g/mol. The average molecular weight is 253 g/mol. The number of ether oxygens (including phenoxy) is 1. The van der Waals surface area contributed by atoms with Gasteiger partial charge >= 0.3 is 0 Å². The Kier molecular flexibility index (Phi) is 3.29. The van der Waals surface area contributed by atoms with Crippen molar-refractivity contribution in [3.8, 4) is 11.1 Å². The van der Waals surface area contributed by atoms with E-state index in [4.69, 9.17) is 4.74 Å². The molecule has 3 nitrogen and oxygen atoms in total. The van der Waals surface area contributed by atoms with Crippen LogP contribution in [0.1, 0.15) is 11.7 Å². The summed E-state index contributed by atoms with van der Waals surface area (Å²) in [6.07, 6.45) is -0.0393. The van der Waals surface area contributed by atoms with E-state index >= 15 is 0 Å². The Morgan fingerprint density at radius 3 is 2.26 bits per heavy atom. The number of rotatable bonds is 2. The fourth-order valence-corrected chi connectivity index (χ4v) is 2.23. The lowest BCUT2D eigenvalue weighted by Crippen LogP contribution is -2.38. The molecule has 96 valence electrons. The Morgan fingerprint density at radius 1 is 0.947 bits per heavy atom. The highest BCUT2D eigenvalue weighted by Crippen LogP contribution is 2.24. The maximum Gasteiger partial charge on any atom is 0.246 e. The van der Waals surface area contributed by atoms with Crippen molar-refractivity contribution in [3.05, 3.63) is 60.2 Å². The van der Waals surface area contributed by atoms with E-state index in [0.29, 0.717) is 6.54 Å². The third kappa shape index (κ3) is 2.66. The van der Waals surface area contributed by atoms with Gasteiger partial charge in [-0.1, -0.05) is 54.6 Å². The van der Waals surface area contributed by atoms with Crippen molar-refractivity contribution < 1.29 is 9.53 Å². The molecule has 1 amide bonds. The highest BCUT2D eigenvalue weighted by molar-refractivity contribution is 5.77. The van der Waals surface area contributed by atoms with Gasteiger partial charge in [0.05, 0.1) is 0 Å². The zero-order chi connectivity index (χ0) is 13.1. The number of benzene rings is 2. The zero-order valence-corrected chi connectivity index (χ0v) is 10.5. The van der Waals surface area contributed by atoms with Gasteiger partial charge in [0, 0.05) is 6.54 Å². The van der Waals surface area contributed by atoms with E-state index in [2.05, 4.69) is 41.7 Å². The molecule has 1 saturated heterocycles. The van der Waals surface area contributed by atoms with E-state index in [1.165, 1.54) is 11.1 Å². The summed E-state index contributed by atoms with van der Waals surface area (Å²) in [6.45, 7) is 0.689. The summed E-state index contributed by atoms with van der Waals surface area (Å²) in [7, 11) is 0. The van der Waals surface area contributed by atoms with E-state index in [9.17, 15) is 4.79 Å². The topological polar surface area (TPSA) is 38.3 Å². The van der Waals surface area contributed by atoms with Crippen LogP contribution >= 0.6 is 0 Å². The quantitative estimate of drug-likeness (QED) is 0.893. The molecule has 0 saturated carbocycles. The monoisotopic (exact) mass is 253 g/mol. The second-order valence-corrected chi connectivity index (χ2v) is 4.59. The van der Waals surface area contributed by atoms with Crippen LogP contribution in [0.25, 0.3) is 11.1 Å². The van der Waals surface area contributed by atoms with Crippen molar-refractivity contribution in [3.63, 3.8) is 0 Å². The Labute approximate surface area is 112 Å².